The first kappa shape index (κ1) is 15.4. The predicted molar refractivity (Wildman–Crippen MR) is 70.6 cm³/mol. The van der Waals surface area contributed by atoms with E-state index in [1.54, 1.807) is 0 Å². The second-order valence-corrected chi connectivity index (χ2v) is 4.67. The third-order valence-corrected chi connectivity index (χ3v) is 3.03. The SMILES string of the molecule is CCOC(=O)CC(C)NCCCN1CCOCC1. The van der Waals surface area contributed by atoms with E-state index in [1.165, 1.54) is 0 Å². The van der Waals surface area contributed by atoms with Gasteiger partial charge < -0.3 is 14.8 Å². The number of hydrogen-bond acceptors (Lipinski definition) is 5. The molecule has 0 spiro atoms. The first-order valence-corrected chi connectivity index (χ1v) is 6.91. The van der Waals surface area contributed by atoms with Gasteiger partial charge in [-0.2, -0.15) is 0 Å². The smallest absolute Gasteiger partial charge is 0.307 e. The Morgan fingerprint density at radius 3 is 2.83 bits per heavy atom. The van der Waals surface area contributed by atoms with Crippen LogP contribution in [0.2, 0.25) is 0 Å². The zero-order chi connectivity index (χ0) is 13.2. The summed E-state index contributed by atoms with van der Waals surface area (Å²) in [7, 11) is 0. The molecule has 5 nitrogen and oxygen atoms in total. The molecule has 0 saturated carbocycles. The van der Waals surface area contributed by atoms with Gasteiger partial charge in [0.25, 0.3) is 0 Å². The molecule has 0 amide bonds. The standard InChI is InChI=1S/C13H26N2O3/c1-3-18-13(16)11-12(2)14-5-4-6-15-7-9-17-10-8-15/h12,14H,3-11H2,1-2H3. The van der Waals surface area contributed by atoms with Gasteiger partial charge in [-0.05, 0) is 33.4 Å². The van der Waals surface area contributed by atoms with Crippen LogP contribution in [0.1, 0.15) is 26.7 Å². The van der Waals surface area contributed by atoms with Gasteiger partial charge >= 0.3 is 5.97 Å². The number of nitrogens with one attached hydrogen (secondary N) is 1. The van der Waals surface area contributed by atoms with Crippen molar-refractivity contribution in [2.24, 2.45) is 0 Å². The molecule has 106 valence electrons. The van der Waals surface area contributed by atoms with E-state index in [0.717, 1.165) is 45.8 Å². The third-order valence-electron chi connectivity index (χ3n) is 3.03. The average Bonchev–Trinajstić information content (AvgIpc) is 2.36. The molecule has 1 aliphatic heterocycles. The van der Waals surface area contributed by atoms with Gasteiger partial charge in [0, 0.05) is 19.1 Å². The Bertz CT molecular complexity index is 230. The van der Waals surface area contributed by atoms with E-state index in [9.17, 15) is 4.79 Å². The molecule has 1 atom stereocenters. The molecule has 1 unspecified atom stereocenters. The summed E-state index contributed by atoms with van der Waals surface area (Å²) < 4.78 is 10.2. The van der Waals surface area contributed by atoms with Gasteiger partial charge in [0.1, 0.15) is 0 Å². The minimum Gasteiger partial charge on any atom is -0.466 e. The highest BCUT2D eigenvalue weighted by Gasteiger charge is 2.11. The van der Waals surface area contributed by atoms with Crippen molar-refractivity contribution in [2.45, 2.75) is 32.7 Å². The van der Waals surface area contributed by atoms with Crippen LogP contribution >= 0.6 is 0 Å². The molecular weight excluding hydrogens is 232 g/mol. The van der Waals surface area contributed by atoms with E-state index in [2.05, 4.69) is 10.2 Å². The molecule has 1 aliphatic rings. The van der Waals surface area contributed by atoms with Crippen molar-refractivity contribution in [1.82, 2.24) is 10.2 Å². The van der Waals surface area contributed by atoms with Gasteiger partial charge in [0.05, 0.1) is 26.2 Å². The lowest BCUT2D eigenvalue weighted by molar-refractivity contribution is -0.143. The van der Waals surface area contributed by atoms with Crippen molar-refractivity contribution < 1.29 is 14.3 Å². The van der Waals surface area contributed by atoms with E-state index >= 15 is 0 Å². The number of hydrogen-bond donors (Lipinski definition) is 1. The normalized spacial score (nSPS) is 18.6. The van der Waals surface area contributed by atoms with Gasteiger partial charge in [-0.25, -0.2) is 0 Å². The van der Waals surface area contributed by atoms with Gasteiger partial charge in [0.15, 0.2) is 0 Å². The molecule has 0 bridgehead atoms. The molecule has 1 saturated heterocycles. The summed E-state index contributed by atoms with van der Waals surface area (Å²) in [6.45, 7) is 10.1. The highest BCUT2D eigenvalue weighted by atomic mass is 16.5. The highest BCUT2D eigenvalue weighted by molar-refractivity contribution is 5.69. The lowest BCUT2D eigenvalue weighted by Gasteiger charge is -2.26. The Labute approximate surface area is 110 Å². The van der Waals surface area contributed by atoms with Crippen molar-refractivity contribution in [3.05, 3.63) is 0 Å². The fraction of sp³-hybridized carbons (Fsp3) is 0.923. The fourth-order valence-electron chi connectivity index (χ4n) is 2.02. The lowest BCUT2D eigenvalue weighted by Crippen LogP contribution is -2.38. The lowest BCUT2D eigenvalue weighted by atomic mass is 10.2. The Morgan fingerprint density at radius 1 is 1.44 bits per heavy atom. The molecular formula is C13H26N2O3. The maximum atomic E-state index is 11.2. The molecule has 1 N–H and O–H groups in total. The molecule has 0 aromatic rings. The van der Waals surface area contributed by atoms with Gasteiger partial charge in [-0.15, -0.1) is 0 Å². The van der Waals surface area contributed by atoms with Crippen LogP contribution in [0.4, 0.5) is 0 Å². The van der Waals surface area contributed by atoms with Crippen LogP contribution in [0.25, 0.3) is 0 Å². The maximum Gasteiger partial charge on any atom is 0.307 e. The third kappa shape index (κ3) is 6.93. The van der Waals surface area contributed by atoms with Crippen LogP contribution in [0, 0.1) is 0 Å². The second kappa shape index (κ2) is 9.30. The van der Waals surface area contributed by atoms with Crippen molar-refractivity contribution in [3.8, 4) is 0 Å². The first-order valence-electron chi connectivity index (χ1n) is 6.91. The molecule has 1 fully saturated rings. The summed E-state index contributed by atoms with van der Waals surface area (Å²) in [5.74, 6) is -0.120. The van der Waals surface area contributed by atoms with Gasteiger partial charge in [-0.3, -0.25) is 9.69 Å². The van der Waals surface area contributed by atoms with Crippen LogP contribution in [0.3, 0.4) is 0 Å². The van der Waals surface area contributed by atoms with Crippen LogP contribution < -0.4 is 5.32 Å². The van der Waals surface area contributed by atoms with Crippen molar-refractivity contribution in [2.75, 3.05) is 46.0 Å². The monoisotopic (exact) mass is 258 g/mol. The minimum absolute atomic E-state index is 0.120. The quantitative estimate of drug-likeness (QED) is 0.511. The minimum atomic E-state index is -0.120. The molecule has 0 radical (unpaired) electrons. The van der Waals surface area contributed by atoms with Crippen LogP contribution in [0.15, 0.2) is 0 Å². The number of ether oxygens (including phenoxy) is 2. The summed E-state index contributed by atoms with van der Waals surface area (Å²) in [4.78, 5) is 13.7. The molecule has 1 rings (SSSR count). The topological polar surface area (TPSA) is 50.8 Å². The molecule has 5 heteroatoms. The number of carbonyl (C=O) groups is 1. The molecule has 0 aromatic carbocycles. The molecule has 1 heterocycles. The highest BCUT2D eigenvalue weighted by Crippen LogP contribution is 1.98. The predicted octanol–water partition coefficient (Wildman–Crippen LogP) is 0.640. The number of carbonyl (C=O) groups excluding carboxylic acids is 1. The van der Waals surface area contributed by atoms with E-state index in [1.807, 2.05) is 13.8 Å². The second-order valence-electron chi connectivity index (χ2n) is 4.67. The number of nitrogens with zero attached hydrogens (tertiary/aromatic N) is 1. The van der Waals surface area contributed by atoms with E-state index in [0.29, 0.717) is 13.0 Å². The number of rotatable bonds is 8. The summed E-state index contributed by atoms with van der Waals surface area (Å²) in [6, 6.07) is 0.189. The van der Waals surface area contributed by atoms with Crippen LogP contribution in [-0.4, -0.2) is 62.9 Å². The Hall–Kier alpha value is -0.650. The zero-order valence-corrected chi connectivity index (χ0v) is 11.6. The van der Waals surface area contributed by atoms with Crippen molar-refractivity contribution in [3.63, 3.8) is 0 Å². The van der Waals surface area contributed by atoms with E-state index in [-0.39, 0.29) is 12.0 Å². The van der Waals surface area contributed by atoms with Crippen molar-refractivity contribution >= 4 is 5.97 Å². The largest absolute Gasteiger partial charge is 0.466 e. The van der Waals surface area contributed by atoms with Gasteiger partial charge in [-0.1, -0.05) is 0 Å². The van der Waals surface area contributed by atoms with Crippen LogP contribution in [0.5, 0.6) is 0 Å². The number of esters is 1. The summed E-state index contributed by atoms with van der Waals surface area (Å²) >= 11 is 0. The van der Waals surface area contributed by atoms with Crippen molar-refractivity contribution in [1.29, 1.82) is 0 Å². The summed E-state index contributed by atoms with van der Waals surface area (Å²) in [5, 5.41) is 3.35. The average molecular weight is 258 g/mol. The fourth-order valence-corrected chi connectivity index (χ4v) is 2.02. The Balaban J connectivity index is 1.97. The summed E-state index contributed by atoms with van der Waals surface area (Å²) in [5.41, 5.74) is 0. The van der Waals surface area contributed by atoms with E-state index < -0.39 is 0 Å². The Kier molecular flexibility index (Phi) is 7.96. The van der Waals surface area contributed by atoms with Gasteiger partial charge in [0.2, 0.25) is 0 Å². The molecule has 0 aliphatic carbocycles. The van der Waals surface area contributed by atoms with E-state index in [4.69, 9.17) is 9.47 Å². The number of morpholine rings is 1. The first-order chi connectivity index (χ1) is 8.72. The summed E-state index contributed by atoms with van der Waals surface area (Å²) in [6.07, 6.45) is 1.55. The Morgan fingerprint density at radius 2 is 2.17 bits per heavy atom. The van der Waals surface area contributed by atoms with Crippen LogP contribution in [-0.2, 0) is 14.3 Å². The zero-order valence-electron chi connectivity index (χ0n) is 11.6. The molecule has 18 heavy (non-hydrogen) atoms. The maximum absolute atomic E-state index is 11.2. The molecule has 0 aromatic heterocycles.